The van der Waals surface area contributed by atoms with Crippen molar-refractivity contribution in [1.29, 1.82) is 0 Å². The van der Waals surface area contributed by atoms with Crippen molar-refractivity contribution in [1.82, 2.24) is 5.32 Å². The van der Waals surface area contributed by atoms with Gasteiger partial charge in [0.2, 0.25) is 5.91 Å². The third-order valence-corrected chi connectivity index (χ3v) is 4.07. The van der Waals surface area contributed by atoms with Gasteiger partial charge in [0, 0.05) is 5.25 Å². The third-order valence-electron chi connectivity index (χ3n) is 2.88. The molecule has 3 N–H and O–H groups in total. The summed E-state index contributed by atoms with van der Waals surface area (Å²) in [5, 5.41) is 3.31. The van der Waals surface area contributed by atoms with Gasteiger partial charge in [-0.2, -0.15) is 11.8 Å². The molecule has 2 atom stereocenters. The zero-order valence-corrected chi connectivity index (χ0v) is 11.3. The Kier molecular flexibility index (Phi) is 5.08. The molecule has 1 aromatic heterocycles. The quantitative estimate of drug-likeness (QED) is 0.780. The van der Waals surface area contributed by atoms with Crippen LogP contribution in [0.25, 0.3) is 0 Å². The number of likely N-dealkylation sites (N-methyl/N-ethyl adjacent to an activating group) is 1. The predicted molar refractivity (Wildman–Crippen MR) is 70.7 cm³/mol. The van der Waals surface area contributed by atoms with E-state index < -0.39 is 5.54 Å². The first kappa shape index (κ1) is 14.1. The molecule has 17 heavy (non-hydrogen) atoms. The van der Waals surface area contributed by atoms with E-state index in [2.05, 4.69) is 12.2 Å². The van der Waals surface area contributed by atoms with Gasteiger partial charge in [-0.15, -0.1) is 0 Å². The predicted octanol–water partition coefficient (Wildman–Crippen LogP) is 1.75. The van der Waals surface area contributed by atoms with Crippen molar-refractivity contribution in [2.24, 2.45) is 5.73 Å². The Balaban J connectivity index is 2.43. The average Bonchev–Trinajstić information content (AvgIpc) is 2.78. The van der Waals surface area contributed by atoms with Gasteiger partial charge in [-0.05, 0) is 32.5 Å². The van der Waals surface area contributed by atoms with Crippen LogP contribution in [0.1, 0.15) is 26.0 Å². The summed E-state index contributed by atoms with van der Waals surface area (Å²) < 4.78 is 5.26. The summed E-state index contributed by atoms with van der Waals surface area (Å²) in [6.45, 7) is 3.92. The Bertz CT molecular complexity index is 353. The fourth-order valence-electron chi connectivity index (χ4n) is 1.58. The van der Waals surface area contributed by atoms with Crippen LogP contribution in [0.15, 0.2) is 22.8 Å². The largest absolute Gasteiger partial charge is 0.468 e. The van der Waals surface area contributed by atoms with Crippen molar-refractivity contribution in [3.63, 3.8) is 0 Å². The molecule has 1 heterocycles. The number of hydrogen-bond acceptors (Lipinski definition) is 4. The van der Waals surface area contributed by atoms with Crippen LogP contribution in [0.3, 0.4) is 0 Å². The molecular weight excluding hydrogens is 236 g/mol. The lowest BCUT2D eigenvalue weighted by atomic mass is 9.95. The maximum atomic E-state index is 11.4. The molecular formula is C12H20N2O2S. The van der Waals surface area contributed by atoms with Gasteiger partial charge >= 0.3 is 0 Å². The van der Waals surface area contributed by atoms with Crippen molar-refractivity contribution in [3.8, 4) is 0 Å². The van der Waals surface area contributed by atoms with Crippen LogP contribution in [0.2, 0.25) is 0 Å². The molecule has 5 heteroatoms. The highest BCUT2D eigenvalue weighted by molar-refractivity contribution is 7.99. The summed E-state index contributed by atoms with van der Waals surface area (Å²) in [7, 11) is 1.76. The molecule has 1 amide bonds. The van der Waals surface area contributed by atoms with Crippen molar-refractivity contribution in [3.05, 3.63) is 24.2 Å². The first-order valence-corrected chi connectivity index (χ1v) is 6.65. The summed E-state index contributed by atoms with van der Waals surface area (Å²) >= 11 is 1.75. The Morgan fingerprint density at radius 1 is 1.71 bits per heavy atom. The van der Waals surface area contributed by atoms with Crippen LogP contribution in [-0.4, -0.2) is 23.7 Å². The van der Waals surface area contributed by atoms with E-state index in [-0.39, 0.29) is 5.91 Å². The van der Waals surface area contributed by atoms with E-state index in [0.717, 1.165) is 11.5 Å². The minimum absolute atomic E-state index is 0.314. The van der Waals surface area contributed by atoms with Gasteiger partial charge in [-0.1, -0.05) is 6.92 Å². The summed E-state index contributed by atoms with van der Waals surface area (Å²) in [5.41, 5.74) is 4.75. The van der Waals surface area contributed by atoms with E-state index >= 15 is 0 Å². The molecule has 0 aromatic carbocycles. The van der Waals surface area contributed by atoms with Gasteiger partial charge < -0.3 is 15.5 Å². The number of carbonyl (C=O) groups is 1. The molecule has 2 unspecified atom stereocenters. The number of nitrogens with two attached hydrogens (primary N) is 1. The second kappa shape index (κ2) is 6.12. The maximum absolute atomic E-state index is 11.4. The summed E-state index contributed by atoms with van der Waals surface area (Å²) in [6.07, 6.45) is 2.37. The van der Waals surface area contributed by atoms with Crippen LogP contribution in [-0.2, 0) is 10.5 Å². The smallest absolute Gasteiger partial charge is 0.237 e. The van der Waals surface area contributed by atoms with Crippen molar-refractivity contribution >= 4 is 17.7 Å². The number of hydrogen-bond donors (Lipinski definition) is 2. The topological polar surface area (TPSA) is 68.3 Å². The van der Waals surface area contributed by atoms with Crippen molar-refractivity contribution in [2.45, 2.75) is 36.8 Å². The van der Waals surface area contributed by atoms with Crippen LogP contribution in [0.4, 0.5) is 0 Å². The minimum atomic E-state index is -0.643. The third kappa shape index (κ3) is 4.09. The molecule has 0 spiro atoms. The Labute approximate surface area is 106 Å². The van der Waals surface area contributed by atoms with E-state index in [4.69, 9.17) is 10.2 Å². The molecule has 4 nitrogen and oxygen atoms in total. The molecule has 0 aliphatic heterocycles. The van der Waals surface area contributed by atoms with Gasteiger partial charge in [0.15, 0.2) is 0 Å². The second-order valence-electron chi connectivity index (χ2n) is 4.35. The molecule has 0 fully saturated rings. The standard InChI is InChI=1S/C12H20N2O2S/c1-9(7-12(2,14-3)11(13)15)17-8-10-5-4-6-16-10/h4-6,9,14H,7-8H2,1-3H3,(H2,13,15). The number of amides is 1. The molecule has 0 bridgehead atoms. The van der Waals surface area contributed by atoms with E-state index in [1.165, 1.54) is 0 Å². The summed E-state index contributed by atoms with van der Waals surface area (Å²) in [4.78, 5) is 11.4. The molecule has 1 rings (SSSR count). The number of primary amides is 1. The van der Waals surface area contributed by atoms with Gasteiger partial charge in [-0.25, -0.2) is 0 Å². The molecule has 96 valence electrons. The van der Waals surface area contributed by atoms with Crippen LogP contribution in [0, 0.1) is 0 Å². The van der Waals surface area contributed by atoms with E-state index in [1.807, 2.05) is 19.1 Å². The van der Waals surface area contributed by atoms with Gasteiger partial charge in [0.25, 0.3) is 0 Å². The Hall–Kier alpha value is -0.940. The molecule has 1 aromatic rings. The SMILES string of the molecule is CNC(C)(CC(C)SCc1ccco1)C(N)=O. The zero-order valence-electron chi connectivity index (χ0n) is 10.5. The van der Waals surface area contributed by atoms with E-state index in [9.17, 15) is 4.79 Å². The molecule has 0 saturated carbocycles. The first-order chi connectivity index (χ1) is 7.98. The lowest BCUT2D eigenvalue weighted by Crippen LogP contribution is -2.52. The maximum Gasteiger partial charge on any atom is 0.237 e. The van der Waals surface area contributed by atoms with Gasteiger partial charge in [0.05, 0.1) is 17.6 Å². The lowest BCUT2D eigenvalue weighted by molar-refractivity contribution is -0.123. The van der Waals surface area contributed by atoms with Crippen molar-refractivity contribution < 1.29 is 9.21 Å². The van der Waals surface area contributed by atoms with E-state index in [0.29, 0.717) is 11.7 Å². The minimum Gasteiger partial charge on any atom is -0.468 e. The van der Waals surface area contributed by atoms with Gasteiger partial charge in [0.1, 0.15) is 5.76 Å². The molecule has 0 aliphatic rings. The number of nitrogens with one attached hydrogen (secondary N) is 1. The highest BCUT2D eigenvalue weighted by atomic mass is 32.2. The second-order valence-corrected chi connectivity index (χ2v) is 5.78. The van der Waals surface area contributed by atoms with Crippen molar-refractivity contribution in [2.75, 3.05) is 7.05 Å². The molecule has 0 saturated heterocycles. The van der Waals surface area contributed by atoms with E-state index in [1.54, 1.807) is 25.1 Å². The fourth-order valence-corrected chi connectivity index (χ4v) is 2.64. The Morgan fingerprint density at radius 2 is 2.41 bits per heavy atom. The first-order valence-electron chi connectivity index (χ1n) is 5.61. The number of rotatable bonds is 7. The monoisotopic (exact) mass is 256 g/mol. The van der Waals surface area contributed by atoms with Crippen LogP contribution in [0.5, 0.6) is 0 Å². The fraction of sp³-hybridized carbons (Fsp3) is 0.583. The summed E-state index contributed by atoms with van der Waals surface area (Å²) in [6, 6.07) is 3.83. The van der Waals surface area contributed by atoms with Gasteiger partial charge in [-0.3, -0.25) is 4.79 Å². The lowest BCUT2D eigenvalue weighted by Gasteiger charge is -2.28. The zero-order chi connectivity index (χ0) is 12.9. The van der Waals surface area contributed by atoms with Crippen LogP contribution < -0.4 is 11.1 Å². The normalized spacial score (nSPS) is 16.4. The number of carbonyl (C=O) groups excluding carboxylic acids is 1. The number of furan rings is 1. The highest BCUT2D eigenvalue weighted by Gasteiger charge is 2.30. The van der Waals surface area contributed by atoms with Crippen LogP contribution >= 0.6 is 11.8 Å². The summed E-state index contributed by atoms with van der Waals surface area (Å²) in [5.74, 6) is 1.45. The number of thioether (sulfide) groups is 1. The molecule has 0 radical (unpaired) electrons. The highest BCUT2D eigenvalue weighted by Crippen LogP contribution is 2.24. The Morgan fingerprint density at radius 3 is 2.88 bits per heavy atom. The molecule has 0 aliphatic carbocycles. The average molecular weight is 256 g/mol.